The predicted molar refractivity (Wildman–Crippen MR) is 207 cm³/mol. The second-order valence-electron chi connectivity index (χ2n) is 14.4. The van der Waals surface area contributed by atoms with E-state index < -0.39 is 6.10 Å². The molecule has 1 radical (unpaired) electrons. The van der Waals surface area contributed by atoms with Gasteiger partial charge in [-0.25, -0.2) is 0 Å². The summed E-state index contributed by atoms with van der Waals surface area (Å²) >= 11 is 3.65. The average molecular weight is 860 g/mol. The SMILES string of the molecule is CC(C)(C)c1cc(C2=NCNc3c2sc2c3ccc3sccc32)[c-]c2ccccc12.CCC(C)(CC)/C(O)=C/C(O)C(C)(CC)CC.[Ir]. The van der Waals surface area contributed by atoms with Crippen molar-refractivity contribution in [3.05, 3.63) is 87.8 Å². The minimum Gasteiger partial charge on any atom is -0.512 e. The van der Waals surface area contributed by atoms with E-state index in [2.05, 4.69) is 121 Å². The second-order valence-corrected chi connectivity index (χ2v) is 16.4. The molecule has 1 aliphatic heterocycles. The number of benzene rings is 3. The van der Waals surface area contributed by atoms with Gasteiger partial charge in [-0.1, -0.05) is 97.5 Å². The summed E-state index contributed by atoms with van der Waals surface area (Å²) in [7, 11) is 0. The fraction of sp³-hybridized carbons (Fsp3) is 0.439. The van der Waals surface area contributed by atoms with Gasteiger partial charge in [0.1, 0.15) is 0 Å². The number of hydrogen-bond acceptors (Lipinski definition) is 6. The van der Waals surface area contributed by atoms with E-state index in [1.165, 1.54) is 41.7 Å². The van der Waals surface area contributed by atoms with Crippen molar-refractivity contribution >= 4 is 65.0 Å². The van der Waals surface area contributed by atoms with E-state index in [0.29, 0.717) is 12.4 Å². The van der Waals surface area contributed by atoms with Gasteiger partial charge >= 0.3 is 0 Å². The van der Waals surface area contributed by atoms with Crippen molar-refractivity contribution in [2.75, 3.05) is 12.0 Å². The van der Waals surface area contributed by atoms with Crippen molar-refractivity contribution in [2.24, 2.45) is 15.8 Å². The van der Waals surface area contributed by atoms with E-state index in [1.54, 1.807) is 17.4 Å². The molecular weight excluding hydrogens is 809 g/mol. The molecule has 2 aromatic heterocycles. The van der Waals surface area contributed by atoms with Crippen LogP contribution >= 0.6 is 22.7 Å². The third-order valence-electron chi connectivity index (χ3n) is 10.7. The molecule has 0 spiro atoms. The third-order valence-corrected chi connectivity index (χ3v) is 12.8. The van der Waals surface area contributed by atoms with Gasteiger partial charge in [0.2, 0.25) is 0 Å². The van der Waals surface area contributed by atoms with Gasteiger partial charge in [0.05, 0.1) is 24.2 Å². The molecule has 0 amide bonds. The molecule has 0 fully saturated rings. The zero-order chi connectivity index (χ0) is 34.1. The Kier molecular flexibility index (Phi) is 12.1. The minimum atomic E-state index is -0.574. The van der Waals surface area contributed by atoms with Crippen molar-refractivity contribution in [1.29, 1.82) is 0 Å². The Bertz CT molecular complexity index is 1940. The number of aliphatic hydroxyl groups excluding tert-OH is 2. The molecule has 0 saturated carbocycles. The largest absolute Gasteiger partial charge is 0.512 e. The molecule has 48 heavy (non-hydrogen) atoms. The number of rotatable bonds is 8. The van der Waals surface area contributed by atoms with E-state index in [-0.39, 0.29) is 36.4 Å². The molecule has 7 heteroatoms. The van der Waals surface area contributed by atoms with Crippen LogP contribution in [0.1, 0.15) is 104 Å². The summed E-state index contributed by atoms with van der Waals surface area (Å²) in [5, 5.41) is 31.2. The van der Waals surface area contributed by atoms with Crippen molar-refractivity contribution in [3.63, 3.8) is 0 Å². The van der Waals surface area contributed by atoms with E-state index in [1.807, 2.05) is 18.3 Å². The van der Waals surface area contributed by atoms with Crippen LogP contribution in [0.2, 0.25) is 0 Å². The normalized spacial score (nSPS) is 14.5. The van der Waals surface area contributed by atoms with E-state index in [9.17, 15) is 10.2 Å². The van der Waals surface area contributed by atoms with Crippen LogP contribution in [0.4, 0.5) is 5.69 Å². The molecule has 0 saturated heterocycles. The molecule has 1 aliphatic rings. The maximum Gasteiger partial charge on any atom is 0.0997 e. The summed E-state index contributed by atoms with van der Waals surface area (Å²) in [5.74, 6) is 0.336. The topological polar surface area (TPSA) is 64.9 Å². The monoisotopic (exact) mass is 860 g/mol. The molecule has 0 bridgehead atoms. The number of fused-ring (bicyclic) bond motifs is 6. The number of nitrogens with zero attached hydrogens (tertiary/aromatic N) is 1. The van der Waals surface area contributed by atoms with Crippen molar-refractivity contribution in [2.45, 2.75) is 99.5 Å². The summed E-state index contributed by atoms with van der Waals surface area (Å²) < 4.78 is 2.68. The predicted octanol–water partition coefficient (Wildman–Crippen LogP) is 12.0. The first-order valence-corrected chi connectivity index (χ1v) is 18.8. The van der Waals surface area contributed by atoms with Crippen LogP contribution < -0.4 is 5.32 Å². The van der Waals surface area contributed by atoms with Gasteiger partial charge < -0.3 is 20.5 Å². The summed E-state index contributed by atoms with van der Waals surface area (Å²) in [6, 6.07) is 21.3. The Hall–Kier alpha value is -2.54. The molecule has 3 aromatic carbocycles. The molecule has 6 rings (SSSR count). The van der Waals surface area contributed by atoms with Crippen LogP contribution in [-0.2, 0) is 25.5 Å². The van der Waals surface area contributed by atoms with Gasteiger partial charge in [-0.3, -0.25) is 0 Å². The number of allylic oxidation sites excluding steroid dienone is 1. The standard InChI is InChI=1S/C26H21N2S2.C15H30O2.Ir/c1-26(2,3)20-13-16(12-15-6-4-5-7-17(15)20)22-25-23(28-14-27-22)19-8-9-21-18(10-11-29-21)24(19)30-25;1-7-14(5,8-2)12(16)11-13(17)15(6,9-3)10-4;/h4-11,13,28H,14H2,1-3H3;11-12,16-17H,7-10H2,1-6H3;/q-1;;/b;13-11-;. The molecule has 5 aromatic rings. The Morgan fingerprint density at radius 3 is 2.27 bits per heavy atom. The molecule has 1 unspecified atom stereocenters. The number of nitrogens with one attached hydrogen (secondary N) is 1. The van der Waals surface area contributed by atoms with Crippen molar-refractivity contribution in [1.82, 2.24) is 0 Å². The maximum atomic E-state index is 10.3. The summed E-state index contributed by atoms with van der Waals surface area (Å²) in [6.07, 6.45) is 4.66. The summed E-state index contributed by atoms with van der Waals surface area (Å²) in [6.45, 7) is 19.8. The molecule has 3 N–H and O–H groups in total. The quantitative estimate of drug-likeness (QED) is 0.108. The molecule has 0 aliphatic carbocycles. The Labute approximate surface area is 308 Å². The van der Waals surface area contributed by atoms with Gasteiger partial charge in [-0.15, -0.1) is 51.8 Å². The smallest absolute Gasteiger partial charge is 0.0997 e. The van der Waals surface area contributed by atoms with Gasteiger partial charge in [-0.2, -0.15) is 0 Å². The zero-order valence-electron chi connectivity index (χ0n) is 29.9. The molecule has 3 heterocycles. The van der Waals surface area contributed by atoms with E-state index >= 15 is 0 Å². The number of aliphatic imine (C=N–C) groups is 1. The zero-order valence-corrected chi connectivity index (χ0v) is 33.9. The Balaban J connectivity index is 0.000000251. The number of hydrogen-bond donors (Lipinski definition) is 3. The van der Waals surface area contributed by atoms with Crippen LogP contribution in [0.15, 0.2) is 70.7 Å². The molecule has 1 atom stereocenters. The second kappa shape index (κ2) is 15.1. The summed E-state index contributed by atoms with van der Waals surface area (Å²) in [5.41, 5.74) is 4.41. The van der Waals surface area contributed by atoms with Crippen molar-refractivity contribution < 1.29 is 30.3 Å². The summed E-state index contributed by atoms with van der Waals surface area (Å²) in [4.78, 5) is 6.14. The van der Waals surface area contributed by atoms with E-state index in [4.69, 9.17) is 4.99 Å². The van der Waals surface area contributed by atoms with Crippen LogP contribution in [0.3, 0.4) is 0 Å². The molecule has 4 nitrogen and oxygen atoms in total. The van der Waals surface area contributed by atoms with Gasteiger partial charge in [0.15, 0.2) is 0 Å². The number of anilines is 1. The van der Waals surface area contributed by atoms with E-state index in [0.717, 1.165) is 42.3 Å². The van der Waals surface area contributed by atoms with Gasteiger partial charge in [-0.05, 0) is 60.1 Å². The average Bonchev–Trinajstić information content (AvgIpc) is 3.71. The molecular formula is C41H51IrN2O2S2-. The van der Waals surface area contributed by atoms with Gasteiger partial charge in [0, 0.05) is 56.3 Å². The van der Waals surface area contributed by atoms with Gasteiger partial charge in [0.25, 0.3) is 0 Å². The van der Waals surface area contributed by atoms with Crippen LogP contribution in [0, 0.1) is 16.9 Å². The number of thiophene rings is 2. The van der Waals surface area contributed by atoms with Crippen LogP contribution in [0.25, 0.3) is 30.9 Å². The maximum absolute atomic E-state index is 10.3. The first-order chi connectivity index (χ1) is 22.3. The fourth-order valence-corrected chi connectivity index (χ4v) is 8.42. The van der Waals surface area contributed by atoms with Crippen LogP contribution in [0.5, 0.6) is 0 Å². The Morgan fingerprint density at radius 2 is 1.62 bits per heavy atom. The minimum absolute atomic E-state index is 0. The first-order valence-electron chi connectivity index (χ1n) is 17.1. The first kappa shape index (κ1) is 38.3. The fourth-order valence-electron chi connectivity index (χ4n) is 6.23. The van der Waals surface area contributed by atoms with Crippen molar-refractivity contribution in [3.8, 4) is 0 Å². The van der Waals surface area contributed by atoms with Crippen LogP contribution in [-0.4, -0.2) is 28.7 Å². The third kappa shape index (κ3) is 7.32. The number of aliphatic hydroxyl groups is 2. The molecule has 259 valence electrons. The Morgan fingerprint density at radius 1 is 0.938 bits per heavy atom.